The molecule has 0 amide bonds. The van der Waals surface area contributed by atoms with E-state index < -0.39 is 11.9 Å². The van der Waals surface area contributed by atoms with Crippen molar-refractivity contribution in [2.24, 2.45) is 5.92 Å². The predicted molar refractivity (Wildman–Crippen MR) is 66.6 cm³/mol. The van der Waals surface area contributed by atoms with Crippen molar-refractivity contribution in [2.45, 2.75) is 31.8 Å². The van der Waals surface area contributed by atoms with Gasteiger partial charge in [0.2, 0.25) is 5.82 Å². The lowest BCUT2D eigenvalue weighted by Crippen LogP contribution is -2.09. The van der Waals surface area contributed by atoms with E-state index in [9.17, 15) is 9.50 Å². The highest BCUT2D eigenvalue weighted by molar-refractivity contribution is 5.54. The van der Waals surface area contributed by atoms with Gasteiger partial charge < -0.3 is 9.63 Å². The summed E-state index contributed by atoms with van der Waals surface area (Å²) < 4.78 is 18.7. The van der Waals surface area contributed by atoms with Crippen molar-refractivity contribution in [2.75, 3.05) is 0 Å². The van der Waals surface area contributed by atoms with Gasteiger partial charge in [-0.15, -0.1) is 0 Å². The van der Waals surface area contributed by atoms with Crippen molar-refractivity contribution in [3.63, 3.8) is 0 Å². The smallest absolute Gasteiger partial charge is 0.256 e. The van der Waals surface area contributed by atoms with Crippen LogP contribution >= 0.6 is 0 Å². The van der Waals surface area contributed by atoms with E-state index in [1.54, 1.807) is 18.2 Å². The van der Waals surface area contributed by atoms with Crippen molar-refractivity contribution < 1.29 is 14.0 Å². The molecule has 3 rings (SSSR count). The number of aromatic nitrogens is 2. The van der Waals surface area contributed by atoms with Gasteiger partial charge in [-0.2, -0.15) is 4.98 Å². The summed E-state index contributed by atoms with van der Waals surface area (Å²) in [6, 6.07) is 6.25. The minimum atomic E-state index is -0.740. The van der Waals surface area contributed by atoms with Crippen LogP contribution in [-0.2, 0) is 0 Å². The summed E-state index contributed by atoms with van der Waals surface area (Å²) in [5.74, 6) is 0.148. The van der Waals surface area contributed by atoms with Gasteiger partial charge in [0.15, 0.2) is 0 Å². The third kappa shape index (κ3) is 2.38. The molecular weight excluding hydrogens is 247 g/mol. The monoisotopic (exact) mass is 262 g/mol. The molecule has 1 saturated carbocycles. The highest BCUT2D eigenvalue weighted by Gasteiger charge is 2.29. The number of aliphatic hydroxyl groups excluding tert-OH is 1. The summed E-state index contributed by atoms with van der Waals surface area (Å²) in [4.78, 5) is 4.12. The molecule has 0 aliphatic heterocycles. The van der Waals surface area contributed by atoms with Crippen molar-refractivity contribution >= 4 is 0 Å². The lowest BCUT2D eigenvalue weighted by atomic mass is 10.0. The second-order valence-corrected chi connectivity index (χ2v) is 4.93. The Morgan fingerprint density at radius 2 is 2.00 bits per heavy atom. The molecule has 19 heavy (non-hydrogen) atoms. The van der Waals surface area contributed by atoms with E-state index in [1.165, 1.54) is 6.07 Å². The normalized spacial score (nSPS) is 17.8. The van der Waals surface area contributed by atoms with Crippen LogP contribution in [0.3, 0.4) is 0 Å². The van der Waals surface area contributed by atoms with Crippen LogP contribution in [0.2, 0.25) is 0 Å². The standard InChI is InChI=1S/C14H15FN2O2/c15-11-8-4-3-7-10(11)13-16-14(19-17-13)12(18)9-5-1-2-6-9/h3-4,7-9,12,18H,1-2,5-6H2. The zero-order chi connectivity index (χ0) is 13.2. The van der Waals surface area contributed by atoms with Crippen LogP contribution in [0.4, 0.5) is 4.39 Å². The van der Waals surface area contributed by atoms with Crippen LogP contribution in [0.25, 0.3) is 11.4 Å². The molecule has 1 aliphatic carbocycles. The maximum absolute atomic E-state index is 13.6. The van der Waals surface area contributed by atoms with Crippen molar-refractivity contribution in [3.05, 3.63) is 36.0 Å². The first-order valence-electron chi connectivity index (χ1n) is 6.52. The van der Waals surface area contributed by atoms with Gasteiger partial charge in [0.25, 0.3) is 5.89 Å². The Hall–Kier alpha value is -1.75. The number of hydrogen-bond acceptors (Lipinski definition) is 4. The summed E-state index contributed by atoms with van der Waals surface area (Å²) in [5, 5.41) is 13.9. The molecule has 1 N–H and O–H groups in total. The third-order valence-corrected chi connectivity index (χ3v) is 3.66. The zero-order valence-corrected chi connectivity index (χ0v) is 10.4. The van der Waals surface area contributed by atoms with Gasteiger partial charge in [-0.1, -0.05) is 30.1 Å². The maximum atomic E-state index is 13.6. The SMILES string of the molecule is OC(c1nc(-c2ccccc2F)no1)C1CCCC1. The molecule has 2 aromatic rings. The average Bonchev–Trinajstić information content (AvgIpc) is 3.10. The Morgan fingerprint density at radius 3 is 2.74 bits per heavy atom. The first-order valence-corrected chi connectivity index (χ1v) is 6.52. The summed E-state index contributed by atoms with van der Waals surface area (Å²) in [6.07, 6.45) is 3.44. The van der Waals surface area contributed by atoms with Gasteiger partial charge in [0.05, 0.1) is 5.56 Å². The molecule has 1 aromatic heterocycles. The predicted octanol–water partition coefficient (Wildman–Crippen LogP) is 3.10. The van der Waals surface area contributed by atoms with Crippen molar-refractivity contribution in [3.8, 4) is 11.4 Å². The minimum Gasteiger partial charge on any atom is -0.383 e. The van der Waals surface area contributed by atoms with Crippen LogP contribution in [0.15, 0.2) is 28.8 Å². The number of rotatable bonds is 3. The van der Waals surface area contributed by atoms with E-state index in [0.29, 0.717) is 0 Å². The third-order valence-electron chi connectivity index (χ3n) is 3.66. The molecule has 0 spiro atoms. The van der Waals surface area contributed by atoms with E-state index in [4.69, 9.17) is 4.52 Å². The number of nitrogens with zero attached hydrogens (tertiary/aromatic N) is 2. The summed E-state index contributed by atoms with van der Waals surface area (Å²) in [6.45, 7) is 0. The van der Waals surface area contributed by atoms with E-state index in [1.807, 2.05) is 0 Å². The minimum absolute atomic E-state index is 0.175. The van der Waals surface area contributed by atoms with E-state index in [-0.39, 0.29) is 23.2 Å². The molecule has 100 valence electrons. The lowest BCUT2D eigenvalue weighted by Gasteiger charge is -2.12. The van der Waals surface area contributed by atoms with Crippen molar-refractivity contribution in [1.82, 2.24) is 10.1 Å². The molecule has 1 heterocycles. The molecule has 1 atom stereocenters. The fourth-order valence-electron chi connectivity index (χ4n) is 2.58. The Labute approximate surface area is 110 Å². The molecular formula is C14H15FN2O2. The summed E-state index contributed by atoms with van der Waals surface area (Å²) in [5.41, 5.74) is 0.288. The van der Waals surface area contributed by atoms with Crippen LogP contribution in [-0.4, -0.2) is 15.2 Å². The molecule has 5 heteroatoms. The van der Waals surface area contributed by atoms with Crippen LogP contribution in [0.5, 0.6) is 0 Å². The Balaban J connectivity index is 1.85. The number of benzene rings is 1. The molecule has 1 unspecified atom stereocenters. The molecule has 1 fully saturated rings. The van der Waals surface area contributed by atoms with Crippen LogP contribution < -0.4 is 0 Å². The zero-order valence-electron chi connectivity index (χ0n) is 10.4. The summed E-state index contributed by atoms with van der Waals surface area (Å²) >= 11 is 0. The van der Waals surface area contributed by atoms with Crippen molar-refractivity contribution in [1.29, 1.82) is 0 Å². The van der Waals surface area contributed by atoms with Gasteiger partial charge >= 0.3 is 0 Å². The van der Waals surface area contributed by atoms with Gasteiger partial charge in [-0.25, -0.2) is 4.39 Å². The number of hydrogen-bond donors (Lipinski definition) is 1. The lowest BCUT2D eigenvalue weighted by molar-refractivity contribution is 0.0768. The highest BCUT2D eigenvalue weighted by atomic mass is 19.1. The topological polar surface area (TPSA) is 59.2 Å². The molecule has 1 aromatic carbocycles. The quantitative estimate of drug-likeness (QED) is 0.923. The highest BCUT2D eigenvalue weighted by Crippen LogP contribution is 2.35. The molecule has 0 saturated heterocycles. The Bertz CT molecular complexity index is 564. The van der Waals surface area contributed by atoms with Crippen LogP contribution in [0, 0.1) is 11.7 Å². The first kappa shape index (κ1) is 12.3. The first-order chi connectivity index (χ1) is 9.25. The Morgan fingerprint density at radius 1 is 1.26 bits per heavy atom. The molecule has 4 nitrogen and oxygen atoms in total. The van der Waals surface area contributed by atoms with Gasteiger partial charge in [-0.3, -0.25) is 0 Å². The van der Waals surface area contributed by atoms with E-state index in [0.717, 1.165) is 25.7 Å². The van der Waals surface area contributed by atoms with Gasteiger partial charge in [-0.05, 0) is 30.9 Å². The fourth-order valence-corrected chi connectivity index (χ4v) is 2.58. The van der Waals surface area contributed by atoms with Gasteiger partial charge in [0.1, 0.15) is 11.9 Å². The van der Waals surface area contributed by atoms with E-state index >= 15 is 0 Å². The van der Waals surface area contributed by atoms with E-state index in [2.05, 4.69) is 10.1 Å². The maximum Gasteiger partial charge on any atom is 0.256 e. The largest absolute Gasteiger partial charge is 0.383 e. The van der Waals surface area contributed by atoms with Crippen LogP contribution in [0.1, 0.15) is 37.7 Å². The number of aliphatic hydroxyl groups is 1. The molecule has 0 bridgehead atoms. The second-order valence-electron chi connectivity index (χ2n) is 4.93. The Kier molecular flexibility index (Phi) is 3.29. The summed E-state index contributed by atoms with van der Waals surface area (Å²) in [7, 11) is 0. The second kappa shape index (κ2) is 5.09. The fraction of sp³-hybridized carbons (Fsp3) is 0.429. The number of halogens is 1. The van der Waals surface area contributed by atoms with Gasteiger partial charge in [0, 0.05) is 0 Å². The average molecular weight is 262 g/mol. The molecule has 1 aliphatic rings. The molecule has 0 radical (unpaired) electrons.